The summed E-state index contributed by atoms with van der Waals surface area (Å²) in [6, 6.07) is 0. The van der Waals surface area contributed by atoms with E-state index in [9.17, 15) is 9.59 Å². The topological polar surface area (TPSA) is 134 Å². The molecule has 0 bridgehead atoms. The predicted octanol–water partition coefficient (Wildman–Crippen LogP) is 0.853. The van der Waals surface area contributed by atoms with Crippen LogP contribution in [0.3, 0.4) is 0 Å². The van der Waals surface area contributed by atoms with Crippen LogP contribution in [0.2, 0.25) is 0 Å². The van der Waals surface area contributed by atoms with Crippen molar-refractivity contribution in [3.05, 3.63) is 11.0 Å². The third-order valence-electron chi connectivity index (χ3n) is 3.72. The van der Waals surface area contributed by atoms with Crippen molar-refractivity contribution in [3.63, 3.8) is 0 Å². The Labute approximate surface area is 147 Å². The second-order valence-electron chi connectivity index (χ2n) is 5.59. The lowest BCUT2D eigenvalue weighted by molar-refractivity contribution is -0.155. The molecule has 3 heterocycles. The number of H-pyrrole nitrogens is 1. The standard InChI is InChI=1S/C14H17N5O5S/c1-6(20)22-4-9-8(23-7(2)21)3-10(24-9)19-5-16-11-12(19)17-14(15)18-13(11)25/h5,8-10H,3-4H2,1-2H3,(H3,15,17,18,25)/t8-,9+,10-/m0/s1. The number of carbonyl (C=O) groups is 2. The minimum absolute atomic E-state index is 0.0178. The maximum atomic E-state index is 11.3. The van der Waals surface area contributed by atoms with E-state index >= 15 is 0 Å². The highest BCUT2D eigenvalue weighted by molar-refractivity contribution is 7.71. The second kappa shape index (κ2) is 6.76. The van der Waals surface area contributed by atoms with E-state index in [2.05, 4.69) is 15.0 Å². The number of nitrogens with one attached hydrogen (secondary N) is 1. The Kier molecular flexibility index (Phi) is 4.68. The molecule has 0 saturated carbocycles. The van der Waals surface area contributed by atoms with E-state index in [1.165, 1.54) is 13.8 Å². The van der Waals surface area contributed by atoms with Crippen molar-refractivity contribution in [1.82, 2.24) is 19.5 Å². The highest BCUT2D eigenvalue weighted by Gasteiger charge is 2.39. The molecule has 0 aliphatic carbocycles. The molecule has 1 aliphatic rings. The number of nitrogen functional groups attached to an aromatic ring is 1. The van der Waals surface area contributed by atoms with Crippen molar-refractivity contribution in [2.45, 2.75) is 38.7 Å². The lowest BCUT2D eigenvalue weighted by atomic mass is 10.2. The zero-order valence-corrected chi connectivity index (χ0v) is 14.4. The third kappa shape index (κ3) is 3.61. The molecule has 2 aromatic rings. The number of rotatable bonds is 4. The summed E-state index contributed by atoms with van der Waals surface area (Å²) in [5.41, 5.74) is 6.75. The van der Waals surface area contributed by atoms with Gasteiger partial charge in [0.1, 0.15) is 36.2 Å². The Morgan fingerprint density at radius 1 is 1.48 bits per heavy atom. The fourth-order valence-electron chi connectivity index (χ4n) is 2.73. The Bertz CT molecular complexity index is 878. The number of anilines is 1. The molecule has 25 heavy (non-hydrogen) atoms. The van der Waals surface area contributed by atoms with E-state index in [1.807, 2.05) is 0 Å². The van der Waals surface area contributed by atoms with Gasteiger partial charge in [-0.2, -0.15) is 0 Å². The summed E-state index contributed by atoms with van der Waals surface area (Å²) >= 11 is 5.15. The molecular formula is C14H17N5O5S. The first-order valence-corrected chi connectivity index (χ1v) is 7.94. The molecule has 3 N–H and O–H groups in total. The van der Waals surface area contributed by atoms with Gasteiger partial charge in [0, 0.05) is 20.3 Å². The smallest absolute Gasteiger partial charge is 0.303 e. The molecule has 2 aromatic heterocycles. The van der Waals surface area contributed by atoms with Gasteiger partial charge in [0.05, 0.1) is 6.33 Å². The first-order chi connectivity index (χ1) is 11.8. The number of aromatic amines is 1. The van der Waals surface area contributed by atoms with Crippen molar-refractivity contribution >= 4 is 41.3 Å². The van der Waals surface area contributed by atoms with Crippen molar-refractivity contribution < 1.29 is 23.8 Å². The molecule has 10 nitrogen and oxygen atoms in total. The second-order valence-corrected chi connectivity index (χ2v) is 5.98. The molecule has 0 amide bonds. The van der Waals surface area contributed by atoms with E-state index in [0.29, 0.717) is 17.6 Å². The van der Waals surface area contributed by atoms with Crippen molar-refractivity contribution in [3.8, 4) is 0 Å². The summed E-state index contributed by atoms with van der Waals surface area (Å²) < 4.78 is 18.2. The van der Waals surface area contributed by atoms with Gasteiger partial charge in [-0.1, -0.05) is 12.2 Å². The van der Waals surface area contributed by atoms with Crippen molar-refractivity contribution in [1.29, 1.82) is 0 Å². The number of nitrogens with two attached hydrogens (primary N) is 1. The van der Waals surface area contributed by atoms with E-state index in [-0.39, 0.29) is 17.2 Å². The zero-order valence-electron chi connectivity index (χ0n) is 13.6. The van der Waals surface area contributed by atoms with E-state index in [0.717, 1.165) is 0 Å². The summed E-state index contributed by atoms with van der Waals surface area (Å²) in [6.07, 6.45) is 0.267. The average molecular weight is 367 g/mol. The molecule has 134 valence electrons. The highest BCUT2D eigenvalue weighted by atomic mass is 32.1. The maximum Gasteiger partial charge on any atom is 0.303 e. The quantitative estimate of drug-likeness (QED) is 0.595. The normalized spacial score (nSPS) is 22.9. The number of esters is 2. The summed E-state index contributed by atoms with van der Waals surface area (Å²) in [5, 5.41) is 0. The first-order valence-electron chi connectivity index (χ1n) is 7.53. The minimum Gasteiger partial charge on any atom is -0.463 e. The third-order valence-corrected chi connectivity index (χ3v) is 4.01. The Morgan fingerprint density at radius 2 is 2.24 bits per heavy atom. The molecule has 0 aromatic carbocycles. The van der Waals surface area contributed by atoms with Crippen LogP contribution in [-0.4, -0.2) is 50.3 Å². The molecule has 0 radical (unpaired) electrons. The van der Waals surface area contributed by atoms with Gasteiger partial charge in [-0.05, 0) is 0 Å². The predicted molar refractivity (Wildman–Crippen MR) is 87.8 cm³/mol. The van der Waals surface area contributed by atoms with Gasteiger partial charge in [0.2, 0.25) is 0 Å². The van der Waals surface area contributed by atoms with E-state index < -0.39 is 30.4 Å². The number of hydrogen-bond acceptors (Lipinski definition) is 9. The number of carbonyl (C=O) groups excluding carboxylic acids is 2. The number of fused-ring (bicyclic) bond motifs is 1. The van der Waals surface area contributed by atoms with Gasteiger partial charge >= 0.3 is 11.9 Å². The van der Waals surface area contributed by atoms with Crippen LogP contribution in [0.5, 0.6) is 0 Å². The summed E-state index contributed by atoms with van der Waals surface area (Å²) in [7, 11) is 0. The molecule has 0 unspecified atom stereocenters. The number of imidazole rings is 1. The van der Waals surface area contributed by atoms with E-state index in [4.69, 9.17) is 32.2 Å². The molecule has 0 spiro atoms. The molecular weight excluding hydrogens is 350 g/mol. The highest BCUT2D eigenvalue weighted by Crippen LogP contribution is 2.33. The molecule has 1 aliphatic heterocycles. The number of hydrogen-bond donors (Lipinski definition) is 2. The maximum absolute atomic E-state index is 11.3. The van der Waals surface area contributed by atoms with Crippen LogP contribution in [0, 0.1) is 4.64 Å². The van der Waals surface area contributed by atoms with Crippen LogP contribution >= 0.6 is 12.2 Å². The van der Waals surface area contributed by atoms with Crippen molar-refractivity contribution in [2.75, 3.05) is 12.3 Å². The van der Waals surface area contributed by atoms with Crippen molar-refractivity contribution in [2.24, 2.45) is 0 Å². The van der Waals surface area contributed by atoms with Gasteiger partial charge in [-0.15, -0.1) is 0 Å². The van der Waals surface area contributed by atoms with Crippen LogP contribution in [0.1, 0.15) is 26.5 Å². The van der Waals surface area contributed by atoms with Crippen LogP contribution in [0.4, 0.5) is 5.95 Å². The van der Waals surface area contributed by atoms with E-state index in [1.54, 1.807) is 10.9 Å². The summed E-state index contributed by atoms with van der Waals surface area (Å²) in [5.74, 6) is -0.722. The minimum atomic E-state index is -0.586. The van der Waals surface area contributed by atoms with Gasteiger partial charge in [0.25, 0.3) is 0 Å². The molecule has 1 fully saturated rings. The molecule has 3 atom stereocenters. The molecule has 1 saturated heterocycles. The van der Waals surface area contributed by atoms with Gasteiger partial charge < -0.3 is 24.9 Å². The average Bonchev–Trinajstić information content (AvgIpc) is 3.08. The van der Waals surface area contributed by atoms with Crippen LogP contribution < -0.4 is 5.73 Å². The van der Waals surface area contributed by atoms with Gasteiger partial charge in [-0.25, -0.2) is 9.97 Å². The van der Waals surface area contributed by atoms with Crippen LogP contribution in [0.15, 0.2) is 6.33 Å². The largest absolute Gasteiger partial charge is 0.463 e. The number of ether oxygens (including phenoxy) is 3. The Hall–Kier alpha value is -2.53. The lowest BCUT2D eigenvalue weighted by Gasteiger charge is -2.17. The fraction of sp³-hybridized carbons (Fsp3) is 0.500. The monoisotopic (exact) mass is 367 g/mol. The fourth-order valence-corrected chi connectivity index (χ4v) is 2.98. The number of aromatic nitrogens is 4. The SMILES string of the molecule is CC(=O)OC[C@H]1O[C@H](n2cnc3c(=S)nc(N)[nH]c32)C[C@@H]1OC(C)=O. The van der Waals surface area contributed by atoms with Crippen LogP contribution in [0.25, 0.3) is 11.2 Å². The summed E-state index contributed by atoms with van der Waals surface area (Å²) in [4.78, 5) is 33.5. The van der Waals surface area contributed by atoms with Gasteiger partial charge in [0.15, 0.2) is 10.6 Å². The Morgan fingerprint density at radius 3 is 2.92 bits per heavy atom. The zero-order chi connectivity index (χ0) is 18.1. The van der Waals surface area contributed by atoms with Gasteiger partial charge in [-0.3, -0.25) is 14.2 Å². The lowest BCUT2D eigenvalue weighted by Crippen LogP contribution is -2.31. The Balaban J connectivity index is 1.89. The first kappa shape index (κ1) is 17.3. The molecule has 3 rings (SSSR count). The summed E-state index contributed by atoms with van der Waals surface area (Å²) in [6.45, 7) is 2.59. The van der Waals surface area contributed by atoms with Crippen LogP contribution in [-0.2, 0) is 23.8 Å². The molecule has 11 heteroatoms. The number of nitrogens with zero attached hydrogens (tertiary/aromatic N) is 3.